The molecule has 5 nitrogen and oxygen atoms in total. The van der Waals surface area contributed by atoms with Crippen molar-refractivity contribution in [1.82, 2.24) is 10.1 Å². The van der Waals surface area contributed by atoms with Gasteiger partial charge >= 0.3 is 0 Å². The highest BCUT2D eigenvalue weighted by Gasteiger charge is 2.39. The molecule has 0 aliphatic heterocycles. The Morgan fingerprint density at radius 3 is 2.48 bits per heavy atom. The molecule has 1 aromatic heterocycles. The van der Waals surface area contributed by atoms with Crippen LogP contribution in [0.1, 0.15) is 30.7 Å². The first kappa shape index (κ1) is 17.5. The van der Waals surface area contributed by atoms with E-state index in [0.717, 1.165) is 36.1 Å². The summed E-state index contributed by atoms with van der Waals surface area (Å²) in [5, 5.41) is 4.09. The zero-order chi connectivity index (χ0) is 16.4. The molecule has 2 aromatic carbocycles. The number of aromatic nitrogens is 2. The number of rotatable bonds is 5. The van der Waals surface area contributed by atoms with E-state index in [-0.39, 0.29) is 12.4 Å². The summed E-state index contributed by atoms with van der Waals surface area (Å²) in [6, 6.07) is 17.6. The maximum Gasteiger partial charge on any atom is 0.258 e. The Morgan fingerprint density at radius 2 is 1.76 bits per heavy atom. The summed E-state index contributed by atoms with van der Waals surface area (Å²) in [5.41, 5.74) is 7.74. The number of hydrogen-bond acceptors (Lipinski definition) is 5. The standard InChI is InChI=1S/C19H19N3O2.ClH/c20-19(11-6-12-19)18-21-17(24-22-18)16-10-5-4-7-14(16)13-23-15-8-2-1-3-9-15;/h1-5,7-10H,6,11-13,20H2;1H. The summed E-state index contributed by atoms with van der Waals surface area (Å²) < 4.78 is 11.3. The van der Waals surface area contributed by atoms with Gasteiger partial charge in [-0.2, -0.15) is 4.98 Å². The van der Waals surface area contributed by atoms with Gasteiger partial charge in [0.25, 0.3) is 5.89 Å². The van der Waals surface area contributed by atoms with E-state index in [0.29, 0.717) is 18.3 Å². The molecule has 130 valence electrons. The van der Waals surface area contributed by atoms with Crippen LogP contribution in [0.25, 0.3) is 11.5 Å². The molecule has 0 unspecified atom stereocenters. The van der Waals surface area contributed by atoms with Crippen molar-refractivity contribution in [3.63, 3.8) is 0 Å². The second-order valence-corrected chi connectivity index (χ2v) is 6.19. The summed E-state index contributed by atoms with van der Waals surface area (Å²) in [7, 11) is 0. The normalized spacial score (nSPS) is 15.1. The molecular weight excluding hydrogens is 338 g/mol. The summed E-state index contributed by atoms with van der Waals surface area (Å²) in [6.45, 7) is 0.436. The minimum Gasteiger partial charge on any atom is -0.489 e. The number of nitrogens with two attached hydrogens (primary N) is 1. The highest BCUT2D eigenvalue weighted by Crippen LogP contribution is 2.38. The van der Waals surface area contributed by atoms with Gasteiger partial charge in [-0.25, -0.2) is 0 Å². The molecule has 1 aliphatic carbocycles. The van der Waals surface area contributed by atoms with E-state index in [1.807, 2.05) is 54.6 Å². The molecule has 2 N–H and O–H groups in total. The Labute approximate surface area is 152 Å². The molecule has 1 heterocycles. The lowest BCUT2D eigenvalue weighted by Crippen LogP contribution is -2.44. The largest absolute Gasteiger partial charge is 0.489 e. The lowest BCUT2D eigenvalue weighted by Gasteiger charge is -2.34. The summed E-state index contributed by atoms with van der Waals surface area (Å²) >= 11 is 0. The fourth-order valence-corrected chi connectivity index (χ4v) is 2.85. The van der Waals surface area contributed by atoms with Crippen LogP contribution in [0.4, 0.5) is 0 Å². The molecule has 1 aliphatic rings. The molecule has 0 spiro atoms. The average molecular weight is 358 g/mol. The van der Waals surface area contributed by atoms with Crippen LogP contribution in [-0.4, -0.2) is 10.1 Å². The van der Waals surface area contributed by atoms with E-state index in [9.17, 15) is 0 Å². The molecule has 4 rings (SSSR count). The van der Waals surface area contributed by atoms with E-state index in [2.05, 4.69) is 10.1 Å². The number of halogens is 1. The van der Waals surface area contributed by atoms with Gasteiger partial charge in [0.15, 0.2) is 5.82 Å². The highest BCUT2D eigenvalue weighted by molar-refractivity contribution is 5.85. The number of benzene rings is 2. The van der Waals surface area contributed by atoms with Gasteiger partial charge in [0, 0.05) is 11.1 Å². The van der Waals surface area contributed by atoms with Crippen LogP contribution < -0.4 is 10.5 Å². The molecular formula is C19H20ClN3O2. The topological polar surface area (TPSA) is 74.2 Å². The average Bonchev–Trinajstić information content (AvgIpc) is 3.09. The first-order valence-electron chi connectivity index (χ1n) is 8.14. The molecule has 1 saturated carbocycles. The van der Waals surface area contributed by atoms with Crippen molar-refractivity contribution in [2.45, 2.75) is 31.4 Å². The van der Waals surface area contributed by atoms with Crippen molar-refractivity contribution in [3.05, 3.63) is 66.0 Å². The maximum atomic E-state index is 6.28. The SMILES string of the molecule is Cl.NC1(c2noc(-c3ccccc3COc3ccccc3)n2)CCC1. The number of ether oxygens (including phenoxy) is 1. The van der Waals surface area contributed by atoms with E-state index in [4.69, 9.17) is 15.0 Å². The van der Waals surface area contributed by atoms with Gasteiger partial charge in [-0.15, -0.1) is 12.4 Å². The Balaban J connectivity index is 0.00000182. The number of nitrogens with zero attached hydrogens (tertiary/aromatic N) is 2. The van der Waals surface area contributed by atoms with Crippen LogP contribution in [-0.2, 0) is 12.1 Å². The van der Waals surface area contributed by atoms with Crippen LogP contribution in [0.5, 0.6) is 5.75 Å². The molecule has 1 fully saturated rings. The quantitative estimate of drug-likeness (QED) is 0.744. The molecule has 0 saturated heterocycles. The van der Waals surface area contributed by atoms with Crippen molar-refractivity contribution < 1.29 is 9.26 Å². The summed E-state index contributed by atoms with van der Waals surface area (Å²) in [5.74, 6) is 1.92. The van der Waals surface area contributed by atoms with E-state index in [1.54, 1.807) is 0 Å². The lowest BCUT2D eigenvalue weighted by molar-refractivity contribution is 0.229. The second kappa shape index (κ2) is 7.25. The molecule has 0 radical (unpaired) electrons. The fraction of sp³-hybridized carbons (Fsp3) is 0.263. The van der Waals surface area contributed by atoms with Gasteiger partial charge in [0.2, 0.25) is 0 Å². The van der Waals surface area contributed by atoms with Crippen molar-refractivity contribution in [2.75, 3.05) is 0 Å². The smallest absolute Gasteiger partial charge is 0.258 e. The fourth-order valence-electron chi connectivity index (χ4n) is 2.85. The molecule has 3 aromatic rings. The van der Waals surface area contributed by atoms with Crippen LogP contribution in [0, 0.1) is 0 Å². The van der Waals surface area contributed by atoms with Gasteiger partial charge in [0.05, 0.1) is 5.54 Å². The van der Waals surface area contributed by atoms with Crippen LogP contribution in [0.3, 0.4) is 0 Å². The van der Waals surface area contributed by atoms with E-state index >= 15 is 0 Å². The van der Waals surface area contributed by atoms with Crippen molar-refractivity contribution in [3.8, 4) is 17.2 Å². The Bertz CT molecular complexity index is 831. The number of para-hydroxylation sites is 1. The third-order valence-corrected chi connectivity index (χ3v) is 4.50. The van der Waals surface area contributed by atoms with Crippen LogP contribution in [0.15, 0.2) is 59.1 Å². The first-order chi connectivity index (χ1) is 11.7. The monoisotopic (exact) mass is 357 g/mol. The zero-order valence-electron chi connectivity index (χ0n) is 13.7. The Morgan fingerprint density at radius 1 is 1.04 bits per heavy atom. The predicted octanol–water partition coefficient (Wildman–Crippen LogP) is 4.08. The molecule has 6 heteroatoms. The number of hydrogen-bond donors (Lipinski definition) is 1. The molecule has 0 amide bonds. The first-order valence-corrected chi connectivity index (χ1v) is 8.14. The van der Waals surface area contributed by atoms with Gasteiger partial charge in [-0.05, 0) is 37.5 Å². The van der Waals surface area contributed by atoms with Gasteiger partial charge in [-0.3, -0.25) is 0 Å². The van der Waals surface area contributed by atoms with E-state index < -0.39 is 5.54 Å². The minimum atomic E-state index is -0.419. The third kappa shape index (κ3) is 3.52. The third-order valence-electron chi connectivity index (χ3n) is 4.50. The molecule has 0 bridgehead atoms. The summed E-state index contributed by atoms with van der Waals surface area (Å²) in [6.07, 6.45) is 2.93. The van der Waals surface area contributed by atoms with Crippen molar-refractivity contribution in [2.24, 2.45) is 5.73 Å². The highest BCUT2D eigenvalue weighted by atomic mass is 35.5. The predicted molar refractivity (Wildman–Crippen MR) is 97.5 cm³/mol. The van der Waals surface area contributed by atoms with Gasteiger partial charge in [0.1, 0.15) is 12.4 Å². The Hall–Kier alpha value is -2.37. The lowest BCUT2D eigenvalue weighted by atomic mass is 9.77. The molecule has 0 atom stereocenters. The van der Waals surface area contributed by atoms with Crippen molar-refractivity contribution in [1.29, 1.82) is 0 Å². The van der Waals surface area contributed by atoms with Crippen LogP contribution in [0.2, 0.25) is 0 Å². The zero-order valence-corrected chi connectivity index (χ0v) is 14.5. The summed E-state index contributed by atoms with van der Waals surface area (Å²) in [4.78, 5) is 4.53. The van der Waals surface area contributed by atoms with Gasteiger partial charge < -0.3 is 15.0 Å². The van der Waals surface area contributed by atoms with Gasteiger partial charge in [-0.1, -0.05) is 41.6 Å². The van der Waals surface area contributed by atoms with Crippen molar-refractivity contribution >= 4 is 12.4 Å². The van der Waals surface area contributed by atoms with E-state index in [1.165, 1.54) is 0 Å². The second-order valence-electron chi connectivity index (χ2n) is 6.19. The van der Waals surface area contributed by atoms with Crippen LogP contribution >= 0.6 is 12.4 Å². The Kier molecular flexibility index (Phi) is 5.06. The molecule has 25 heavy (non-hydrogen) atoms. The maximum absolute atomic E-state index is 6.28. The minimum absolute atomic E-state index is 0.